The molecule has 18 heavy (non-hydrogen) atoms. The number of nitrogens with two attached hydrogens (primary N) is 1. The lowest BCUT2D eigenvalue weighted by molar-refractivity contribution is 0.102. The highest BCUT2D eigenvalue weighted by Crippen LogP contribution is 2.20. The van der Waals surface area contributed by atoms with Crippen molar-refractivity contribution in [1.82, 2.24) is 9.97 Å². The van der Waals surface area contributed by atoms with Gasteiger partial charge in [0.25, 0.3) is 5.91 Å². The number of anilines is 2. The van der Waals surface area contributed by atoms with Crippen LogP contribution >= 0.6 is 15.9 Å². The number of amides is 1. The minimum atomic E-state index is -0.312. The molecular formula is C12H11BrN4O. The molecule has 3 N–H and O–H groups in total. The van der Waals surface area contributed by atoms with Crippen LogP contribution in [0.3, 0.4) is 0 Å². The molecular weight excluding hydrogens is 296 g/mol. The summed E-state index contributed by atoms with van der Waals surface area (Å²) in [4.78, 5) is 19.6. The van der Waals surface area contributed by atoms with Crippen molar-refractivity contribution < 1.29 is 4.79 Å². The zero-order valence-electron chi connectivity index (χ0n) is 9.64. The first kappa shape index (κ1) is 12.5. The SMILES string of the molecule is Cc1cc(Br)ccc1NC(=O)c1cnc(N)cn1. The van der Waals surface area contributed by atoms with E-state index in [1.165, 1.54) is 12.4 Å². The lowest BCUT2D eigenvalue weighted by Gasteiger charge is -2.08. The van der Waals surface area contributed by atoms with Crippen molar-refractivity contribution in [3.05, 3.63) is 46.3 Å². The van der Waals surface area contributed by atoms with Gasteiger partial charge in [-0.25, -0.2) is 9.97 Å². The van der Waals surface area contributed by atoms with E-state index in [0.717, 1.165) is 15.7 Å². The largest absolute Gasteiger partial charge is 0.382 e. The number of nitrogen functional groups attached to an aromatic ring is 1. The molecule has 1 aromatic carbocycles. The van der Waals surface area contributed by atoms with Crippen molar-refractivity contribution in [1.29, 1.82) is 0 Å². The minimum Gasteiger partial charge on any atom is -0.382 e. The summed E-state index contributed by atoms with van der Waals surface area (Å²) in [5, 5.41) is 2.77. The number of rotatable bonds is 2. The van der Waals surface area contributed by atoms with Crippen LogP contribution in [0.25, 0.3) is 0 Å². The average Bonchev–Trinajstić information content (AvgIpc) is 2.33. The Kier molecular flexibility index (Phi) is 3.57. The van der Waals surface area contributed by atoms with E-state index in [-0.39, 0.29) is 17.4 Å². The molecule has 0 aliphatic heterocycles. The number of carbonyl (C=O) groups is 1. The summed E-state index contributed by atoms with van der Waals surface area (Å²) in [5.41, 5.74) is 7.34. The van der Waals surface area contributed by atoms with Crippen LogP contribution < -0.4 is 11.1 Å². The van der Waals surface area contributed by atoms with Gasteiger partial charge in [0, 0.05) is 10.2 Å². The molecule has 6 heteroatoms. The molecule has 0 bridgehead atoms. The van der Waals surface area contributed by atoms with Crippen LogP contribution in [0.2, 0.25) is 0 Å². The fourth-order valence-corrected chi connectivity index (χ4v) is 1.88. The van der Waals surface area contributed by atoms with Gasteiger partial charge in [-0.3, -0.25) is 4.79 Å². The van der Waals surface area contributed by atoms with Crippen LogP contribution in [0, 0.1) is 6.92 Å². The summed E-state index contributed by atoms with van der Waals surface area (Å²) in [7, 11) is 0. The number of aryl methyl sites for hydroxylation is 1. The number of aromatic nitrogens is 2. The summed E-state index contributed by atoms with van der Waals surface area (Å²) in [6.45, 7) is 1.91. The van der Waals surface area contributed by atoms with Crippen LogP contribution in [0.15, 0.2) is 35.1 Å². The second-order valence-corrected chi connectivity index (χ2v) is 4.66. The Morgan fingerprint density at radius 1 is 1.33 bits per heavy atom. The molecule has 0 aliphatic rings. The third-order valence-corrected chi connectivity index (χ3v) is 2.83. The number of carbonyl (C=O) groups excluding carboxylic acids is 1. The highest BCUT2D eigenvalue weighted by atomic mass is 79.9. The van der Waals surface area contributed by atoms with Gasteiger partial charge in [0.2, 0.25) is 0 Å². The molecule has 92 valence electrons. The Labute approximate surface area is 113 Å². The van der Waals surface area contributed by atoms with Crippen molar-refractivity contribution in [3.8, 4) is 0 Å². The van der Waals surface area contributed by atoms with E-state index in [2.05, 4.69) is 31.2 Å². The summed E-state index contributed by atoms with van der Waals surface area (Å²) in [5.74, 6) is -0.0284. The zero-order valence-corrected chi connectivity index (χ0v) is 11.2. The van der Waals surface area contributed by atoms with Gasteiger partial charge >= 0.3 is 0 Å². The van der Waals surface area contributed by atoms with Crippen molar-refractivity contribution in [2.45, 2.75) is 6.92 Å². The molecule has 0 atom stereocenters. The molecule has 0 unspecified atom stereocenters. The van der Waals surface area contributed by atoms with Crippen molar-refractivity contribution in [3.63, 3.8) is 0 Å². The zero-order chi connectivity index (χ0) is 13.1. The Balaban J connectivity index is 2.18. The third-order valence-electron chi connectivity index (χ3n) is 2.34. The molecule has 2 aromatic rings. The Bertz CT molecular complexity index is 583. The predicted octanol–water partition coefficient (Wildman–Crippen LogP) is 2.38. The highest BCUT2D eigenvalue weighted by molar-refractivity contribution is 9.10. The molecule has 2 rings (SSSR count). The summed E-state index contributed by atoms with van der Waals surface area (Å²) >= 11 is 3.37. The van der Waals surface area contributed by atoms with E-state index in [0.29, 0.717) is 0 Å². The van der Waals surface area contributed by atoms with E-state index in [4.69, 9.17) is 5.73 Å². The van der Waals surface area contributed by atoms with Gasteiger partial charge in [-0.1, -0.05) is 15.9 Å². The molecule has 1 heterocycles. The van der Waals surface area contributed by atoms with Gasteiger partial charge in [-0.15, -0.1) is 0 Å². The fraction of sp³-hybridized carbons (Fsp3) is 0.0833. The number of halogens is 1. The van der Waals surface area contributed by atoms with Gasteiger partial charge in [0.1, 0.15) is 11.5 Å². The van der Waals surface area contributed by atoms with E-state index >= 15 is 0 Å². The molecule has 0 spiro atoms. The molecule has 0 aliphatic carbocycles. The number of hydrogen-bond acceptors (Lipinski definition) is 4. The molecule has 1 amide bonds. The van der Waals surface area contributed by atoms with E-state index in [1.54, 1.807) is 0 Å². The maximum atomic E-state index is 11.9. The van der Waals surface area contributed by atoms with Crippen molar-refractivity contribution in [2.75, 3.05) is 11.1 Å². The first-order valence-corrected chi connectivity index (χ1v) is 6.00. The monoisotopic (exact) mass is 306 g/mol. The van der Waals surface area contributed by atoms with Gasteiger partial charge in [0.05, 0.1) is 12.4 Å². The standard InChI is InChI=1S/C12H11BrN4O/c1-7-4-8(13)2-3-9(7)17-12(18)10-5-16-11(14)6-15-10/h2-6H,1H3,(H2,14,16)(H,17,18). The van der Waals surface area contributed by atoms with Crippen LogP contribution in [-0.2, 0) is 0 Å². The van der Waals surface area contributed by atoms with E-state index in [1.807, 2.05) is 25.1 Å². The molecule has 0 saturated heterocycles. The molecule has 0 radical (unpaired) electrons. The van der Waals surface area contributed by atoms with Crippen LogP contribution in [-0.4, -0.2) is 15.9 Å². The number of benzene rings is 1. The maximum Gasteiger partial charge on any atom is 0.275 e. The Morgan fingerprint density at radius 3 is 2.72 bits per heavy atom. The number of hydrogen-bond donors (Lipinski definition) is 2. The number of nitrogens with zero attached hydrogens (tertiary/aromatic N) is 2. The molecule has 0 saturated carbocycles. The lowest BCUT2D eigenvalue weighted by Crippen LogP contribution is -2.15. The first-order chi connectivity index (χ1) is 8.56. The van der Waals surface area contributed by atoms with Crippen molar-refractivity contribution in [2.24, 2.45) is 0 Å². The molecule has 0 fully saturated rings. The minimum absolute atomic E-state index is 0.228. The van der Waals surface area contributed by atoms with Gasteiger partial charge < -0.3 is 11.1 Å². The van der Waals surface area contributed by atoms with Crippen molar-refractivity contribution >= 4 is 33.3 Å². The normalized spacial score (nSPS) is 10.1. The molecule has 5 nitrogen and oxygen atoms in total. The van der Waals surface area contributed by atoms with E-state index in [9.17, 15) is 4.79 Å². The quantitative estimate of drug-likeness (QED) is 0.892. The van der Waals surface area contributed by atoms with Crippen LogP contribution in [0.4, 0.5) is 11.5 Å². The Hall–Kier alpha value is -1.95. The Morgan fingerprint density at radius 2 is 2.11 bits per heavy atom. The van der Waals surface area contributed by atoms with Gasteiger partial charge in [-0.2, -0.15) is 0 Å². The average molecular weight is 307 g/mol. The molecule has 1 aromatic heterocycles. The van der Waals surface area contributed by atoms with E-state index < -0.39 is 0 Å². The maximum absolute atomic E-state index is 11.9. The van der Waals surface area contributed by atoms with Crippen LogP contribution in [0.1, 0.15) is 16.1 Å². The second-order valence-electron chi connectivity index (χ2n) is 3.74. The van der Waals surface area contributed by atoms with Gasteiger partial charge in [-0.05, 0) is 30.7 Å². The van der Waals surface area contributed by atoms with Gasteiger partial charge in [0.15, 0.2) is 0 Å². The summed E-state index contributed by atoms with van der Waals surface area (Å²) in [6.07, 6.45) is 2.70. The topological polar surface area (TPSA) is 80.9 Å². The highest BCUT2D eigenvalue weighted by Gasteiger charge is 2.09. The number of nitrogens with one attached hydrogen (secondary N) is 1. The predicted molar refractivity (Wildman–Crippen MR) is 73.3 cm³/mol. The smallest absolute Gasteiger partial charge is 0.275 e. The first-order valence-electron chi connectivity index (χ1n) is 5.21. The fourth-order valence-electron chi connectivity index (χ4n) is 1.41. The summed E-state index contributed by atoms with van der Waals surface area (Å²) < 4.78 is 0.963. The lowest BCUT2D eigenvalue weighted by atomic mass is 10.2. The summed E-state index contributed by atoms with van der Waals surface area (Å²) in [6, 6.07) is 5.60. The third kappa shape index (κ3) is 2.84. The second kappa shape index (κ2) is 5.14. The van der Waals surface area contributed by atoms with Crippen LogP contribution in [0.5, 0.6) is 0 Å².